The Bertz CT molecular complexity index is 166. The molecule has 12 heavy (non-hydrogen) atoms. The molecule has 1 N–H and O–H groups in total. The van der Waals surface area contributed by atoms with Gasteiger partial charge in [0.1, 0.15) is 0 Å². The van der Waals surface area contributed by atoms with Crippen LogP contribution in [0.25, 0.3) is 0 Å². The molecule has 0 aliphatic carbocycles. The first-order chi connectivity index (χ1) is 5.70. The van der Waals surface area contributed by atoms with E-state index in [0.29, 0.717) is 0 Å². The highest BCUT2D eigenvalue weighted by Gasteiger charge is 1.88. The molecular weight excluding hydrogens is 148 g/mol. The van der Waals surface area contributed by atoms with Crippen LogP contribution in [0.4, 0.5) is 0 Å². The van der Waals surface area contributed by atoms with E-state index in [-0.39, 0.29) is 6.61 Å². The molecule has 0 aromatic rings. The summed E-state index contributed by atoms with van der Waals surface area (Å²) in [7, 11) is 0. The summed E-state index contributed by atoms with van der Waals surface area (Å²) in [4.78, 5) is 0. The topological polar surface area (TPSA) is 20.2 Å². The molecule has 1 nitrogen and oxygen atoms in total. The zero-order valence-electron chi connectivity index (χ0n) is 8.43. The third kappa shape index (κ3) is 6.17. The van der Waals surface area contributed by atoms with Gasteiger partial charge in [-0.25, -0.2) is 0 Å². The molecule has 0 radical (unpaired) electrons. The molecule has 0 bridgehead atoms. The molecular formula is C11H20O. The highest BCUT2D eigenvalue weighted by Crippen LogP contribution is 2.07. The fraction of sp³-hybridized carbons (Fsp3) is 0.636. The molecule has 0 aliphatic rings. The van der Waals surface area contributed by atoms with Crippen LogP contribution in [0.1, 0.15) is 40.0 Å². The molecule has 0 aliphatic heterocycles. The lowest BCUT2D eigenvalue weighted by atomic mass is 10.1. The molecule has 0 aromatic carbocycles. The summed E-state index contributed by atoms with van der Waals surface area (Å²) in [5.74, 6) is 0. The minimum atomic E-state index is 0.169. The molecule has 70 valence electrons. The number of hydrogen-bond donors (Lipinski definition) is 1. The van der Waals surface area contributed by atoms with E-state index in [1.165, 1.54) is 11.1 Å². The second-order valence-corrected chi connectivity index (χ2v) is 3.18. The SMILES string of the molecule is CC/C(C)=C/CC/C(C)=C/CO. The van der Waals surface area contributed by atoms with Crippen LogP contribution in [0.15, 0.2) is 23.3 Å². The van der Waals surface area contributed by atoms with Crippen molar-refractivity contribution in [3.63, 3.8) is 0 Å². The third-order valence-corrected chi connectivity index (χ3v) is 2.03. The van der Waals surface area contributed by atoms with Crippen LogP contribution >= 0.6 is 0 Å². The Morgan fingerprint density at radius 3 is 2.33 bits per heavy atom. The second-order valence-electron chi connectivity index (χ2n) is 3.18. The molecule has 0 saturated heterocycles. The summed E-state index contributed by atoms with van der Waals surface area (Å²) in [6.45, 7) is 6.56. The maximum absolute atomic E-state index is 8.60. The van der Waals surface area contributed by atoms with Crippen molar-refractivity contribution in [3.05, 3.63) is 23.3 Å². The van der Waals surface area contributed by atoms with Crippen molar-refractivity contribution < 1.29 is 5.11 Å². The molecule has 0 fully saturated rings. The van der Waals surface area contributed by atoms with Gasteiger partial charge in [0.2, 0.25) is 0 Å². The van der Waals surface area contributed by atoms with Gasteiger partial charge in [-0.1, -0.05) is 30.2 Å². The standard InChI is InChI=1S/C11H20O/c1-4-10(2)6-5-7-11(3)8-9-12/h6,8,12H,4-5,7,9H2,1-3H3/b10-6+,11-8+. The van der Waals surface area contributed by atoms with Gasteiger partial charge in [0.15, 0.2) is 0 Å². The van der Waals surface area contributed by atoms with E-state index in [1.807, 2.05) is 6.08 Å². The Balaban J connectivity index is 3.62. The smallest absolute Gasteiger partial charge is 0.0614 e. The molecule has 0 amide bonds. The first kappa shape index (κ1) is 11.4. The highest BCUT2D eigenvalue weighted by atomic mass is 16.2. The summed E-state index contributed by atoms with van der Waals surface area (Å²) in [5.41, 5.74) is 2.73. The first-order valence-corrected chi connectivity index (χ1v) is 4.62. The van der Waals surface area contributed by atoms with Crippen LogP contribution in [0, 0.1) is 0 Å². The van der Waals surface area contributed by atoms with Gasteiger partial charge in [0.05, 0.1) is 6.61 Å². The Morgan fingerprint density at radius 2 is 1.83 bits per heavy atom. The maximum Gasteiger partial charge on any atom is 0.0614 e. The van der Waals surface area contributed by atoms with Crippen LogP contribution in [-0.2, 0) is 0 Å². The molecule has 0 heterocycles. The summed E-state index contributed by atoms with van der Waals surface area (Å²) in [6, 6.07) is 0. The predicted octanol–water partition coefficient (Wildman–Crippen LogP) is 3.06. The average Bonchev–Trinajstić information content (AvgIpc) is 2.04. The summed E-state index contributed by atoms with van der Waals surface area (Å²) in [6.07, 6.45) is 7.45. The van der Waals surface area contributed by atoms with Crippen LogP contribution < -0.4 is 0 Å². The molecule has 0 rings (SSSR count). The number of hydrogen-bond acceptors (Lipinski definition) is 1. The first-order valence-electron chi connectivity index (χ1n) is 4.62. The Morgan fingerprint density at radius 1 is 1.17 bits per heavy atom. The fourth-order valence-corrected chi connectivity index (χ4v) is 0.948. The van der Waals surface area contributed by atoms with E-state index in [9.17, 15) is 0 Å². The minimum absolute atomic E-state index is 0.169. The van der Waals surface area contributed by atoms with Crippen LogP contribution in [0.5, 0.6) is 0 Å². The van der Waals surface area contributed by atoms with E-state index in [2.05, 4.69) is 26.8 Å². The largest absolute Gasteiger partial charge is 0.392 e. The van der Waals surface area contributed by atoms with Crippen molar-refractivity contribution >= 4 is 0 Å². The van der Waals surface area contributed by atoms with E-state index in [4.69, 9.17) is 5.11 Å². The quantitative estimate of drug-likeness (QED) is 0.625. The fourth-order valence-electron chi connectivity index (χ4n) is 0.948. The third-order valence-electron chi connectivity index (χ3n) is 2.03. The lowest BCUT2D eigenvalue weighted by Gasteiger charge is -1.98. The maximum atomic E-state index is 8.60. The van der Waals surface area contributed by atoms with Crippen molar-refractivity contribution in [1.82, 2.24) is 0 Å². The van der Waals surface area contributed by atoms with Gasteiger partial charge in [0, 0.05) is 0 Å². The predicted molar refractivity (Wildman–Crippen MR) is 54.1 cm³/mol. The van der Waals surface area contributed by atoms with Crippen LogP contribution in [0.2, 0.25) is 0 Å². The monoisotopic (exact) mass is 168 g/mol. The van der Waals surface area contributed by atoms with Crippen LogP contribution in [0.3, 0.4) is 0 Å². The van der Waals surface area contributed by atoms with Gasteiger partial charge >= 0.3 is 0 Å². The minimum Gasteiger partial charge on any atom is -0.392 e. The zero-order chi connectivity index (χ0) is 9.40. The number of aliphatic hydroxyl groups excluding tert-OH is 1. The van der Waals surface area contributed by atoms with Crippen molar-refractivity contribution in [1.29, 1.82) is 0 Å². The van der Waals surface area contributed by atoms with Crippen LogP contribution in [-0.4, -0.2) is 11.7 Å². The molecule has 0 aromatic heterocycles. The summed E-state index contributed by atoms with van der Waals surface area (Å²) < 4.78 is 0. The molecule has 0 atom stereocenters. The molecule has 0 spiro atoms. The normalized spacial score (nSPS) is 13.7. The lowest BCUT2D eigenvalue weighted by Crippen LogP contribution is -1.81. The van der Waals surface area contributed by atoms with E-state index in [1.54, 1.807) is 0 Å². The Kier molecular flexibility index (Phi) is 6.78. The summed E-state index contributed by atoms with van der Waals surface area (Å²) in [5, 5.41) is 8.60. The lowest BCUT2D eigenvalue weighted by molar-refractivity contribution is 0.341. The van der Waals surface area contributed by atoms with Gasteiger partial charge in [-0.15, -0.1) is 0 Å². The van der Waals surface area contributed by atoms with E-state index < -0.39 is 0 Å². The van der Waals surface area contributed by atoms with Crippen molar-refractivity contribution in [2.45, 2.75) is 40.0 Å². The van der Waals surface area contributed by atoms with Gasteiger partial charge in [-0.05, 0) is 33.1 Å². The number of aliphatic hydroxyl groups is 1. The average molecular weight is 168 g/mol. The zero-order valence-corrected chi connectivity index (χ0v) is 8.43. The second kappa shape index (κ2) is 7.11. The number of rotatable bonds is 5. The highest BCUT2D eigenvalue weighted by molar-refractivity contribution is 5.03. The summed E-state index contributed by atoms with van der Waals surface area (Å²) >= 11 is 0. The van der Waals surface area contributed by atoms with Crippen molar-refractivity contribution in [2.75, 3.05) is 6.61 Å². The van der Waals surface area contributed by atoms with Crippen molar-refractivity contribution in [3.8, 4) is 0 Å². The molecule has 0 saturated carbocycles. The van der Waals surface area contributed by atoms with Gasteiger partial charge in [0.25, 0.3) is 0 Å². The van der Waals surface area contributed by atoms with Gasteiger partial charge in [-0.3, -0.25) is 0 Å². The van der Waals surface area contributed by atoms with E-state index in [0.717, 1.165) is 19.3 Å². The Hall–Kier alpha value is -0.560. The van der Waals surface area contributed by atoms with Gasteiger partial charge in [-0.2, -0.15) is 0 Å². The molecule has 0 unspecified atom stereocenters. The Labute approximate surface area is 75.8 Å². The molecule has 1 heteroatoms. The van der Waals surface area contributed by atoms with E-state index >= 15 is 0 Å². The number of allylic oxidation sites excluding steroid dienone is 3. The van der Waals surface area contributed by atoms with Gasteiger partial charge < -0.3 is 5.11 Å². The van der Waals surface area contributed by atoms with Crippen molar-refractivity contribution in [2.24, 2.45) is 0 Å².